The Bertz CT molecular complexity index is 718. The molecule has 4 rings (SSSR count). The number of carbonyl (C=O) groups excluding carboxylic acids is 2. The van der Waals surface area contributed by atoms with E-state index in [4.69, 9.17) is 9.47 Å². The summed E-state index contributed by atoms with van der Waals surface area (Å²) < 4.78 is 11.0. The second-order valence-electron chi connectivity index (χ2n) is 8.98. The van der Waals surface area contributed by atoms with Crippen LogP contribution in [0.5, 0.6) is 0 Å². The van der Waals surface area contributed by atoms with Crippen LogP contribution in [0, 0.1) is 28.6 Å². The van der Waals surface area contributed by atoms with Gasteiger partial charge in [0, 0.05) is 41.3 Å². The zero-order valence-corrected chi connectivity index (χ0v) is 15.5. The summed E-state index contributed by atoms with van der Waals surface area (Å²) in [5.41, 5.74) is -0.988. The van der Waals surface area contributed by atoms with Gasteiger partial charge in [0.2, 0.25) is 0 Å². The fraction of sp³-hybridized carbons (Fsp3) is 0.789. The van der Waals surface area contributed by atoms with E-state index < -0.39 is 77.6 Å². The molecule has 4 N–H and O–H groups in total. The van der Waals surface area contributed by atoms with Gasteiger partial charge in [0.25, 0.3) is 0 Å². The number of esters is 2. The normalized spacial score (nSPS) is 54.3. The summed E-state index contributed by atoms with van der Waals surface area (Å²) in [5.74, 6) is -3.51. The minimum absolute atomic E-state index is 0.314. The quantitative estimate of drug-likeness (QED) is 0.453. The molecule has 0 bridgehead atoms. The molecule has 27 heavy (non-hydrogen) atoms. The largest absolute Gasteiger partial charge is 0.460 e. The summed E-state index contributed by atoms with van der Waals surface area (Å²) >= 11 is 0. The van der Waals surface area contributed by atoms with E-state index in [0.717, 1.165) is 0 Å². The van der Waals surface area contributed by atoms with E-state index in [2.05, 4.69) is 0 Å². The summed E-state index contributed by atoms with van der Waals surface area (Å²) in [6.45, 7) is 4.97. The molecule has 0 aromatic heterocycles. The third-order valence-electron chi connectivity index (χ3n) is 7.65. The highest BCUT2D eigenvalue weighted by Gasteiger charge is 2.75. The molecule has 2 heterocycles. The highest BCUT2D eigenvalue weighted by Crippen LogP contribution is 2.68. The lowest BCUT2D eigenvalue weighted by molar-refractivity contribution is -0.250. The van der Waals surface area contributed by atoms with E-state index in [0.29, 0.717) is 12.0 Å². The standard InChI is InChI=1S/C19H26O8/c1-7-4-10(21)27-16(7)18(2)5-9-19(3)11(13(23)17(25)26-9)8(6-20)12(22)14(24)15(18)19/h4,8-9,11-16,20,22-24H,5-6H2,1-3H3/t8-,9-,11-,12-,13-,14+,15-,16?,18+,19+/m1/s1. The average Bonchev–Trinajstić information content (AvgIpc) is 3.05. The van der Waals surface area contributed by atoms with Gasteiger partial charge < -0.3 is 29.9 Å². The lowest BCUT2D eigenvalue weighted by atomic mass is 9.50. The average molecular weight is 382 g/mol. The first kappa shape index (κ1) is 18.9. The Labute approximate surface area is 156 Å². The van der Waals surface area contributed by atoms with Crippen molar-refractivity contribution in [3.63, 3.8) is 0 Å². The molecule has 0 spiro atoms. The molecule has 2 aliphatic heterocycles. The molecule has 1 saturated heterocycles. The van der Waals surface area contributed by atoms with Crippen molar-refractivity contribution >= 4 is 11.9 Å². The number of hydrogen-bond donors (Lipinski definition) is 4. The van der Waals surface area contributed by atoms with Crippen LogP contribution in [0.25, 0.3) is 0 Å². The van der Waals surface area contributed by atoms with Gasteiger partial charge in [-0.05, 0) is 18.9 Å². The molecule has 0 radical (unpaired) electrons. The van der Waals surface area contributed by atoms with E-state index in [9.17, 15) is 30.0 Å². The molecule has 0 aromatic rings. The molecule has 150 valence electrons. The molecule has 2 aliphatic carbocycles. The minimum Gasteiger partial charge on any atom is -0.460 e. The van der Waals surface area contributed by atoms with E-state index in [1.165, 1.54) is 6.08 Å². The number of ether oxygens (including phenoxy) is 2. The first-order valence-electron chi connectivity index (χ1n) is 9.31. The van der Waals surface area contributed by atoms with Crippen LogP contribution in [-0.2, 0) is 19.1 Å². The zero-order valence-electron chi connectivity index (χ0n) is 15.5. The van der Waals surface area contributed by atoms with Crippen LogP contribution in [0.1, 0.15) is 27.2 Å². The van der Waals surface area contributed by atoms with Gasteiger partial charge in [0.15, 0.2) is 6.10 Å². The van der Waals surface area contributed by atoms with Crippen molar-refractivity contribution in [2.75, 3.05) is 6.61 Å². The third-order valence-corrected chi connectivity index (χ3v) is 7.65. The van der Waals surface area contributed by atoms with Crippen LogP contribution in [0.4, 0.5) is 0 Å². The Hall–Kier alpha value is -1.48. The number of aliphatic hydroxyl groups is 4. The second-order valence-corrected chi connectivity index (χ2v) is 8.98. The van der Waals surface area contributed by atoms with E-state index in [1.54, 1.807) is 6.92 Å². The van der Waals surface area contributed by atoms with Gasteiger partial charge in [-0.3, -0.25) is 0 Å². The smallest absolute Gasteiger partial charge is 0.335 e. The van der Waals surface area contributed by atoms with Crippen LogP contribution >= 0.6 is 0 Å². The zero-order chi connectivity index (χ0) is 19.9. The Kier molecular flexibility index (Phi) is 4.03. The molecular formula is C19H26O8. The van der Waals surface area contributed by atoms with E-state index >= 15 is 0 Å². The highest BCUT2D eigenvalue weighted by atomic mass is 16.6. The van der Waals surface area contributed by atoms with E-state index in [-0.39, 0.29) is 0 Å². The first-order chi connectivity index (χ1) is 12.6. The molecule has 8 nitrogen and oxygen atoms in total. The first-order valence-corrected chi connectivity index (χ1v) is 9.31. The maximum absolute atomic E-state index is 12.3. The van der Waals surface area contributed by atoms with Crippen molar-refractivity contribution in [1.82, 2.24) is 0 Å². The molecule has 8 heteroatoms. The van der Waals surface area contributed by atoms with Gasteiger partial charge >= 0.3 is 11.9 Å². The van der Waals surface area contributed by atoms with Crippen molar-refractivity contribution in [2.45, 2.75) is 57.7 Å². The number of carbonyl (C=O) groups is 2. The van der Waals surface area contributed by atoms with E-state index in [1.807, 2.05) is 13.8 Å². The van der Waals surface area contributed by atoms with Gasteiger partial charge in [-0.15, -0.1) is 0 Å². The molecule has 1 unspecified atom stereocenters. The second kappa shape index (κ2) is 5.76. The topological polar surface area (TPSA) is 134 Å². The lowest BCUT2D eigenvalue weighted by Crippen LogP contribution is -2.68. The maximum Gasteiger partial charge on any atom is 0.335 e. The number of aliphatic hydroxyl groups excluding tert-OH is 4. The monoisotopic (exact) mass is 382 g/mol. The lowest BCUT2D eigenvalue weighted by Gasteiger charge is -2.58. The number of rotatable bonds is 2. The highest BCUT2D eigenvalue weighted by molar-refractivity contribution is 5.86. The Morgan fingerprint density at radius 1 is 1.15 bits per heavy atom. The molecular weight excluding hydrogens is 356 g/mol. The minimum atomic E-state index is -1.50. The van der Waals surface area contributed by atoms with Crippen LogP contribution in [0.15, 0.2) is 11.6 Å². The van der Waals surface area contributed by atoms with Crippen molar-refractivity contribution < 1.29 is 39.5 Å². The van der Waals surface area contributed by atoms with Gasteiger partial charge in [0.05, 0.1) is 12.2 Å². The predicted molar refractivity (Wildman–Crippen MR) is 89.9 cm³/mol. The molecule has 0 aromatic carbocycles. The summed E-state index contributed by atoms with van der Waals surface area (Å²) in [4.78, 5) is 24.1. The van der Waals surface area contributed by atoms with Gasteiger partial charge in [-0.1, -0.05) is 13.8 Å². The summed E-state index contributed by atoms with van der Waals surface area (Å²) in [6.07, 6.45) is -3.58. The molecule has 0 amide bonds. The Balaban J connectivity index is 1.86. The summed E-state index contributed by atoms with van der Waals surface area (Å²) in [5, 5.41) is 42.1. The van der Waals surface area contributed by atoms with Gasteiger partial charge in [-0.25, -0.2) is 9.59 Å². The SMILES string of the molecule is CC1=CC(=O)OC1[C@@]1(C)C[C@H]2OC(=O)[C@H](O)[C@H]3[C@@H](CO)[C@@H](O)[C@H](O)[C@H]1[C@]32C. The summed E-state index contributed by atoms with van der Waals surface area (Å²) in [6, 6.07) is 0. The Morgan fingerprint density at radius 3 is 2.37 bits per heavy atom. The molecule has 3 fully saturated rings. The number of cyclic esters (lactones) is 1. The predicted octanol–water partition coefficient (Wildman–Crippen LogP) is -0.863. The van der Waals surface area contributed by atoms with Crippen LogP contribution in [0.3, 0.4) is 0 Å². The third kappa shape index (κ3) is 2.18. The molecule has 4 aliphatic rings. The van der Waals surface area contributed by atoms with Crippen LogP contribution in [-0.4, -0.2) is 69.5 Å². The fourth-order valence-corrected chi connectivity index (χ4v) is 6.71. The molecule has 10 atom stereocenters. The summed E-state index contributed by atoms with van der Waals surface area (Å²) in [7, 11) is 0. The van der Waals surface area contributed by atoms with Crippen molar-refractivity contribution in [3.8, 4) is 0 Å². The van der Waals surface area contributed by atoms with Gasteiger partial charge in [-0.2, -0.15) is 0 Å². The fourth-order valence-electron chi connectivity index (χ4n) is 6.71. The van der Waals surface area contributed by atoms with Gasteiger partial charge in [0.1, 0.15) is 12.2 Å². The molecule has 2 saturated carbocycles. The van der Waals surface area contributed by atoms with Crippen LogP contribution in [0.2, 0.25) is 0 Å². The maximum atomic E-state index is 12.3. The van der Waals surface area contributed by atoms with Crippen LogP contribution < -0.4 is 0 Å². The van der Waals surface area contributed by atoms with Crippen molar-refractivity contribution in [2.24, 2.45) is 28.6 Å². The van der Waals surface area contributed by atoms with Crippen molar-refractivity contribution in [3.05, 3.63) is 11.6 Å². The number of hydrogen-bond acceptors (Lipinski definition) is 8. The van der Waals surface area contributed by atoms with Crippen molar-refractivity contribution in [1.29, 1.82) is 0 Å². The Morgan fingerprint density at radius 2 is 1.81 bits per heavy atom.